The van der Waals surface area contributed by atoms with Crippen LogP contribution in [-0.4, -0.2) is 148 Å². The zero-order valence-electron chi connectivity index (χ0n) is 64.0. The van der Waals surface area contributed by atoms with Crippen LogP contribution in [0, 0.1) is 46.8 Å². The summed E-state index contributed by atoms with van der Waals surface area (Å²) in [6.45, 7) is 26.4. The second-order valence-corrected chi connectivity index (χ2v) is 28.4. The van der Waals surface area contributed by atoms with Crippen LogP contribution in [0.3, 0.4) is 0 Å². The largest absolute Gasteiger partial charge is 0.468 e. The number of ether oxygens (including phenoxy) is 8. The summed E-state index contributed by atoms with van der Waals surface area (Å²) in [5.74, 6) is -10.1. The van der Waals surface area contributed by atoms with Crippen molar-refractivity contribution < 1.29 is 134 Å². The van der Waals surface area contributed by atoms with Crippen LogP contribution in [-0.2, 0) is 134 Å². The lowest BCUT2D eigenvalue weighted by Gasteiger charge is -2.32. The molecule has 0 aromatic heterocycles. The van der Waals surface area contributed by atoms with Crippen molar-refractivity contribution >= 4 is 117 Å². The van der Waals surface area contributed by atoms with Gasteiger partial charge in [-0.25, -0.2) is 0 Å². The molecule has 0 amide bonds. The minimum atomic E-state index is -1.17. The molecule has 3 saturated heterocycles. The average molecular weight is 1480 g/mol. The third kappa shape index (κ3) is 34.7. The van der Waals surface area contributed by atoms with Crippen molar-refractivity contribution in [3.63, 3.8) is 0 Å². The summed E-state index contributed by atoms with van der Waals surface area (Å²) in [5, 5.41) is 0. The van der Waals surface area contributed by atoms with E-state index in [1.807, 2.05) is 33.8 Å². The summed E-state index contributed by atoms with van der Waals surface area (Å²) in [7, 11) is 1.31. The lowest BCUT2D eigenvalue weighted by Crippen LogP contribution is -2.45. The van der Waals surface area contributed by atoms with E-state index in [1.165, 1.54) is 76.3 Å². The molecule has 584 valence electrons. The molecule has 1 aromatic rings. The first kappa shape index (κ1) is 94.0. The second kappa shape index (κ2) is 44.7. The van der Waals surface area contributed by atoms with Gasteiger partial charge < -0.3 is 37.9 Å². The molecular formula is C77H108O28. The molecule has 6 saturated carbocycles. The van der Waals surface area contributed by atoms with Crippen molar-refractivity contribution in [2.75, 3.05) is 13.7 Å². The third-order valence-electron chi connectivity index (χ3n) is 17.2. The number of benzene rings is 1. The first-order valence-corrected chi connectivity index (χ1v) is 35.6. The van der Waals surface area contributed by atoms with Crippen LogP contribution in [0.4, 0.5) is 0 Å². The Morgan fingerprint density at radius 2 is 0.810 bits per heavy atom. The van der Waals surface area contributed by atoms with Gasteiger partial charge in [0, 0.05) is 99.3 Å². The van der Waals surface area contributed by atoms with Gasteiger partial charge in [0.05, 0.1) is 43.8 Å². The number of Topliss-reactive ketones (excluding diaryl/α,β-unsaturated/α-hetero) is 12. The highest BCUT2D eigenvalue weighted by Gasteiger charge is 2.45. The van der Waals surface area contributed by atoms with Crippen LogP contribution in [0.1, 0.15) is 257 Å². The molecule has 0 bridgehead atoms. The Bertz CT molecular complexity index is 3120. The van der Waals surface area contributed by atoms with E-state index < -0.39 is 76.8 Å². The predicted molar refractivity (Wildman–Crippen MR) is 372 cm³/mol. The quantitative estimate of drug-likeness (QED) is 0.119. The van der Waals surface area contributed by atoms with Gasteiger partial charge in [-0.3, -0.25) is 95.9 Å². The van der Waals surface area contributed by atoms with Gasteiger partial charge in [0.15, 0.2) is 11.8 Å². The maximum atomic E-state index is 11.7. The van der Waals surface area contributed by atoms with E-state index >= 15 is 0 Å². The molecule has 0 spiro atoms. The van der Waals surface area contributed by atoms with E-state index in [2.05, 4.69) is 14.2 Å². The fraction of sp³-hybridized carbons (Fsp3) is 0.662. The van der Waals surface area contributed by atoms with E-state index in [0.29, 0.717) is 89.2 Å². The Hall–Kier alpha value is -8.98. The summed E-state index contributed by atoms with van der Waals surface area (Å²) in [4.78, 5) is 218. The van der Waals surface area contributed by atoms with Gasteiger partial charge in [-0.1, -0.05) is 58.0 Å². The molecule has 6 aliphatic carbocycles. The van der Waals surface area contributed by atoms with E-state index in [4.69, 9.17) is 23.7 Å². The van der Waals surface area contributed by atoms with Gasteiger partial charge in [-0.15, -0.1) is 0 Å². The van der Waals surface area contributed by atoms with Crippen molar-refractivity contribution in [2.45, 2.75) is 269 Å². The molecule has 4 atom stereocenters. The molecule has 28 nitrogen and oxygen atoms in total. The molecule has 9 aliphatic rings. The summed E-state index contributed by atoms with van der Waals surface area (Å²) < 4.78 is 38.1. The molecule has 4 unspecified atom stereocenters. The Kier molecular flexibility index (Phi) is 40.1. The normalized spacial score (nSPS) is 22.6. The Labute approximate surface area is 613 Å². The number of carbonyl (C=O) groups excluding carboxylic acids is 20. The van der Waals surface area contributed by atoms with Crippen molar-refractivity contribution in [3.8, 4) is 0 Å². The number of ketones is 12. The Balaban J connectivity index is 0.000000586. The van der Waals surface area contributed by atoms with Gasteiger partial charge in [-0.05, 0) is 117 Å². The van der Waals surface area contributed by atoms with Crippen LogP contribution in [0.5, 0.6) is 0 Å². The van der Waals surface area contributed by atoms with E-state index in [9.17, 15) is 95.9 Å². The lowest BCUT2D eigenvalue weighted by molar-refractivity contribution is -0.239. The maximum absolute atomic E-state index is 11.7. The maximum Gasteiger partial charge on any atom is 0.328 e. The van der Waals surface area contributed by atoms with Gasteiger partial charge in [0.25, 0.3) is 17.4 Å². The molecule has 3 aliphatic heterocycles. The van der Waals surface area contributed by atoms with Gasteiger partial charge >= 0.3 is 47.8 Å². The number of hydrogen-bond donors (Lipinski definition) is 0. The van der Waals surface area contributed by atoms with Crippen molar-refractivity contribution in [1.29, 1.82) is 0 Å². The number of cyclic esters (lactones) is 6. The first-order chi connectivity index (χ1) is 48.7. The van der Waals surface area contributed by atoms with E-state index in [-0.39, 0.29) is 123 Å². The Morgan fingerprint density at radius 1 is 0.448 bits per heavy atom. The molecule has 0 N–H and O–H groups in total. The van der Waals surface area contributed by atoms with E-state index in [0.717, 1.165) is 44.9 Å². The Morgan fingerprint density at radius 3 is 1.10 bits per heavy atom. The van der Waals surface area contributed by atoms with Crippen LogP contribution in [0.15, 0.2) is 30.3 Å². The predicted octanol–water partition coefficient (Wildman–Crippen LogP) is 9.47. The number of hydrogen-bond acceptors (Lipinski definition) is 28. The van der Waals surface area contributed by atoms with Gasteiger partial charge in [0.1, 0.15) is 87.7 Å². The summed E-state index contributed by atoms with van der Waals surface area (Å²) in [6.07, 6.45) is 12.9. The number of carbonyl (C=O) groups is 20. The molecule has 10 rings (SSSR count). The van der Waals surface area contributed by atoms with Crippen LogP contribution >= 0.6 is 0 Å². The van der Waals surface area contributed by atoms with Crippen molar-refractivity contribution in [3.05, 3.63) is 35.9 Å². The van der Waals surface area contributed by atoms with Crippen LogP contribution in [0.2, 0.25) is 0 Å². The third-order valence-corrected chi connectivity index (χ3v) is 17.2. The first-order valence-electron chi connectivity index (χ1n) is 35.6. The van der Waals surface area contributed by atoms with Gasteiger partial charge in [-0.2, -0.15) is 0 Å². The molecule has 105 heavy (non-hydrogen) atoms. The number of methoxy groups -OCH3 is 1. The minimum absolute atomic E-state index is 0.0231. The molecule has 0 radical (unpaired) electrons. The number of esters is 8. The minimum Gasteiger partial charge on any atom is -0.468 e. The topological polar surface area (TPSA) is 415 Å². The zero-order valence-corrected chi connectivity index (χ0v) is 64.0. The molecule has 3 heterocycles. The fourth-order valence-corrected chi connectivity index (χ4v) is 11.7. The fourth-order valence-electron chi connectivity index (χ4n) is 11.7. The molecule has 1 aromatic carbocycles. The van der Waals surface area contributed by atoms with Crippen LogP contribution < -0.4 is 0 Å². The summed E-state index contributed by atoms with van der Waals surface area (Å²) in [5.41, 5.74) is 0.514. The number of rotatable bonds is 10. The summed E-state index contributed by atoms with van der Waals surface area (Å²) >= 11 is 0. The molecule has 9 fully saturated rings. The van der Waals surface area contributed by atoms with E-state index in [1.54, 1.807) is 38.1 Å². The molecule has 28 heteroatoms. The highest BCUT2D eigenvalue weighted by atomic mass is 16.8. The standard InChI is InChI=1S/C12H12O4.C8H12O3.2C8H12O2.C7H10O4.C7H10O3.2C7H10O2.C7H12O2.C6H8O4/c1-12(2)15-10(13)9(11(14)16-12)8-6-4-3-5-7-8;1-2-11-8(10)6-4-3-5-7(6)9;1-8(2)4-6(9)3-7(10)5-8;1-2-7(9)6-4-3-5-8(6)10;1-4-5(8)10-7(2,3)11-6(4)9;1-10-7(9)5-3-2-4-6(5)8;1-5(8)6-3-2-4-7(6)9;1-5-6(8)3-2-4-7(5)9;1-4-7(5(2)8)6(3)9;1-6(2)9-4(7)3-5(8)10-6/h3-7,9H,1-2H3;6H,2-5H2,1H3;3-5H2,1-2H3;6H,2-5H2,1H3;4H,1-3H3;5H,2-4H2,1H3;6H,2-4H2,1H3;5H,2-4H2,1H3;7H,4H2,1-3H3;3H2,1-2H3. The van der Waals surface area contributed by atoms with Crippen molar-refractivity contribution in [1.82, 2.24) is 0 Å². The van der Waals surface area contributed by atoms with Gasteiger partial charge in [0.2, 0.25) is 0 Å². The SMILES string of the molecule is CC(=O)C1CCCC1=O.CC1(C)CC(=O)CC(=O)C1.CC1(C)OC(=O)C(c2ccccc2)C(=O)O1.CC1(C)OC(=O)CC(=O)O1.CC1C(=O)CCCC1=O.CC1C(=O)OC(C)(C)OC1=O.CCC(=O)C1CCCC1=O.CCC(C(C)=O)C(C)=O.CCOC(=O)C1CCCC1=O.COC(=O)C1CCCC1=O. The average Bonchev–Trinajstić information content (AvgIpc) is 1.79. The lowest BCUT2D eigenvalue weighted by atomic mass is 9.76. The highest BCUT2D eigenvalue weighted by molar-refractivity contribution is 6.06. The highest BCUT2D eigenvalue weighted by Crippen LogP contribution is 2.33. The second-order valence-electron chi connectivity index (χ2n) is 28.4. The zero-order chi connectivity index (χ0) is 80.5. The summed E-state index contributed by atoms with van der Waals surface area (Å²) in [6, 6.07) is 8.73. The smallest absolute Gasteiger partial charge is 0.328 e. The van der Waals surface area contributed by atoms with Crippen LogP contribution in [0.25, 0.3) is 0 Å². The monoisotopic (exact) mass is 1480 g/mol. The molecular weight excluding hydrogens is 1370 g/mol. The van der Waals surface area contributed by atoms with Crippen molar-refractivity contribution in [2.24, 2.45) is 46.8 Å².